The second-order valence-corrected chi connectivity index (χ2v) is 5.35. The van der Waals surface area contributed by atoms with E-state index in [1.807, 2.05) is 54.6 Å². The molecule has 3 aromatic carbocycles. The van der Waals surface area contributed by atoms with E-state index in [9.17, 15) is 0 Å². The van der Waals surface area contributed by atoms with E-state index in [0.29, 0.717) is 0 Å². The standard InChI is InChI=1S/C18H16N4/c19-12-7-9-17-16(10-12)21-15-8-6-13(20)11-18(15)22(17)14-4-2-1-3-5-14/h1-11,21H,19-20H2. The van der Waals surface area contributed by atoms with Gasteiger partial charge < -0.3 is 21.7 Å². The third-order valence-electron chi connectivity index (χ3n) is 3.81. The first-order valence-electron chi connectivity index (χ1n) is 7.13. The minimum atomic E-state index is 0.734. The fourth-order valence-electron chi connectivity index (χ4n) is 2.82. The maximum absolute atomic E-state index is 5.99. The third-order valence-corrected chi connectivity index (χ3v) is 3.81. The Kier molecular flexibility index (Phi) is 2.69. The molecule has 3 aromatic rings. The number of nitrogens with zero attached hydrogens (tertiary/aromatic N) is 1. The molecule has 0 aromatic heterocycles. The molecule has 0 atom stereocenters. The molecular formula is C18H16N4. The summed E-state index contributed by atoms with van der Waals surface area (Å²) in [6.07, 6.45) is 0. The molecular weight excluding hydrogens is 272 g/mol. The summed E-state index contributed by atoms with van der Waals surface area (Å²) in [5.41, 5.74) is 18.6. The maximum atomic E-state index is 5.99. The fraction of sp³-hybridized carbons (Fsp3) is 0. The lowest BCUT2D eigenvalue weighted by molar-refractivity contribution is 1.25. The van der Waals surface area contributed by atoms with Crippen LogP contribution in [0.25, 0.3) is 0 Å². The molecule has 4 rings (SSSR count). The van der Waals surface area contributed by atoms with Crippen LogP contribution in [0.5, 0.6) is 0 Å². The number of hydrogen-bond donors (Lipinski definition) is 3. The summed E-state index contributed by atoms with van der Waals surface area (Å²) >= 11 is 0. The van der Waals surface area contributed by atoms with Crippen molar-refractivity contribution >= 4 is 39.8 Å². The van der Waals surface area contributed by atoms with Crippen LogP contribution in [0.2, 0.25) is 0 Å². The van der Waals surface area contributed by atoms with E-state index in [2.05, 4.69) is 22.3 Å². The molecule has 4 heteroatoms. The number of para-hydroxylation sites is 1. The lowest BCUT2D eigenvalue weighted by Gasteiger charge is -2.34. The summed E-state index contributed by atoms with van der Waals surface area (Å²) in [6.45, 7) is 0. The van der Waals surface area contributed by atoms with Gasteiger partial charge in [-0.25, -0.2) is 0 Å². The van der Waals surface area contributed by atoms with Crippen LogP contribution in [0.15, 0.2) is 66.7 Å². The van der Waals surface area contributed by atoms with Crippen LogP contribution in [0.1, 0.15) is 0 Å². The summed E-state index contributed by atoms with van der Waals surface area (Å²) in [5, 5.41) is 3.43. The molecule has 0 unspecified atom stereocenters. The molecule has 0 radical (unpaired) electrons. The van der Waals surface area contributed by atoms with Crippen molar-refractivity contribution in [2.24, 2.45) is 0 Å². The van der Waals surface area contributed by atoms with Crippen molar-refractivity contribution in [3.63, 3.8) is 0 Å². The molecule has 4 nitrogen and oxygen atoms in total. The van der Waals surface area contributed by atoms with E-state index in [0.717, 1.165) is 39.8 Å². The van der Waals surface area contributed by atoms with E-state index in [-0.39, 0.29) is 0 Å². The number of anilines is 7. The highest BCUT2D eigenvalue weighted by atomic mass is 15.2. The van der Waals surface area contributed by atoms with Gasteiger partial charge in [-0.3, -0.25) is 0 Å². The number of rotatable bonds is 1. The normalized spacial score (nSPS) is 12.3. The predicted molar refractivity (Wildman–Crippen MR) is 93.2 cm³/mol. The zero-order chi connectivity index (χ0) is 15.1. The monoisotopic (exact) mass is 288 g/mol. The van der Waals surface area contributed by atoms with Crippen LogP contribution < -0.4 is 21.7 Å². The van der Waals surface area contributed by atoms with Gasteiger partial charge in [0.05, 0.1) is 22.7 Å². The van der Waals surface area contributed by atoms with Crippen LogP contribution in [0, 0.1) is 0 Å². The summed E-state index contributed by atoms with van der Waals surface area (Å²) in [6, 6.07) is 22.0. The largest absolute Gasteiger partial charge is 0.399 e. The van der Waals surface area contributed by atoms with Crippen LogP contribution >= 0.6 is 0 Å². The van der Waals surface area contributed by atoms with Gasteiger partial charge in [-0.15, -0.1) is 0 Å². The van der Waals surface area contributed by atoms with Gasteiger partial charge in [-0.05, 0) is 48.5 Å². The van der Waals surface area contributed by atoms with Gasteiger partial charge in [-0.1, -0.05) is 18.2 Å². The van der Waals surface area contributed by atoms with Crippen LogP contribution in [0.3, 0.4) is 0 Å². The molecule has 0 amide bonds. The Labute approximate surface area is 129 Å². The number of nitrogen functional groups attached to an aromatic ring is 2. The Bertz CT molecular complexity index is 843. The van der Waals surface area contributed by atoms with Crippen molar-refractivity contribution in [2.45, 2.75) is 0 Å². The van der Waals surface area contributed by atoms with Gasteiger partial charge in [0.15, 0.2) is 0 Å². The van der Waals surface area contributed by atoms with Gasteiger partial charge >= 0.3 is 0 Å². The second kappa shape index (κ2) is 4.70. The van der Waals surface area contributed by atoms with E-state index in [1.165, 1.54) is 0 Å². The van der Waals surface area contributed by atoms with E-state index in [1.54, 1.807) is 0 Å². The Balaban J connectivity index is 1.98. The Morgan fingerprint density at radius 1 is 0.682 bits per heavy atom. The van der Waals surface area contributed by atoms with Crippen molar-refractivity contribution in [3.8, 4) is 0 Å². The first-order chi connectivity index (χ1) is 10.7. The van der Waals surface area contributed by atoms with E-state index >= 15 is 0 Å². The van der Waals surface area contributed by atoms with Gasteiger partial charge in [-0.2, -0.15) is 0 Å². The molecule has 0 spiro atoms. The Hall–Kier alpha value is -3.14. The molecule has 5 N–H and O–H groups in total. The van der Waals surface area contributed by atoms with Crippen molar-refractivity contribution in [3.05, 3.63) is 66.7 Å². The maximum Gasteiger partial charge on any atom is 0.0718 e. The van der Waals surface area contributed by atoms with Crippen LogP contribution in [-0.4, -0.2) is 0 Å². The summed E-state index contributed by atoms with van der Waals surface area (Å²) < 4.78 is 0. The molecule has 0 saturated heterocycles. The zero-order valence-corrected chi connectivity index (χ0v) is 12.0. The first kappa shape index (κ1) is 12.6. The molecule has 1 aliphatic rings. The van der Waals surface area contributed by atoms with Gasteiger partial charge in [0, 0.05) is 17.1 Å². The summed E-state index contributed by atoms with van der Waals surface area (Å²) in [4.78, 5) is 2.19. The lowest BCUT2D eigenvalue weighted by Crippen LogP contribution is -2.18. The van der Waals surface area contributed by atoms with Crippen molar-refractivity contribution in [2.75, 3.05) is 21.7 Å². The third kappa shape index (κ3) is 1.93. The molecule has 1 heterocycles. The number of hydrogen-bond acceptors (Lipinski definition) is 4. The predicted octanol–water partition coefficient (Wildman–Crippen LogP) is 4.38. The number of nitrogens with one attached hydrogen (secondary N) is 1. The highest BCUT2D eigenvalue weighted by molar-refractivity contribution is 5.98. The van der Waals surface area contributed by atoms with Crippen LogP contribution in [-0.2, 0) is 0 Å². The minimum Gasteiger partial charge on any atom is -0.399 e. The van der Waals surface area contributed by atoms with Crippen molar-refractivity contribution in [1.82, 2.24) is 0 Å². The zero-order valence-electron chi connectivity index (χ0n) is 12.0. The number of nitrogens with two attached hydrogens (primary N) is 2. The molecule has 108 valence electrons. The topological polar surface area (TPSA) is 67.3 Å². The lowest BCUT2D eigenvalue weighted by atomic mass is 10.1. The average molecular weight is 288 g/mol. The summed E-state index contributed by atoms with van der Waals surface area (Å²) in [5.74, 6) is 0. The van der Waals surface area contributed by atoms with Gasteiger partial charge in [0.1, 0.15) is 0 Å². The Morgan fingerprint density at radius 3 is 2.23 bits per heavy atom. The van der Waals surface area contributed by atoms with Gasteiger partial charge in [0.25, 0.3) is 0 Å². The van der Waals surface area contributed by atoms with Crippen molar-refractivity contribution < 1.29 is 0 Å². The SMILES string of the molecule is Nc1ccc2c(c1)Nc1ccc(N)cc1N2c1ccccc1. The average Bonchev–Trinajstić information content (AvgIpc) is 2.53. The highest BCUT2D eigenvalue weighted by Gasteiger charge is 2.24. The molecule has 22 heavy (non-hydrogen) atoms. The molecule has 0 saturated carbocycles. The molecule has 0 bridgehead atoms. The fourth-order valence-corrected chi connectivity index (χ4v) is 2.82. The quantitative estimate of drug-likeness (QED) is 0.455. The molecule has 0 fully saturated rings. The van der Waals surface area contributed by atoms with Gasteiger partial charge in [0.2, 0.25) is 0 Å². The van der Waals surface area contributed by atoms with Crippen molar-refractivity contribution in [1.29, 1.82) is 0 Å². The number of fused-ring (bicyclic) bond motifs is 2. The van der Waals surface area contributed by atoms with Crippen LogP contribution in [0.4, 0.5) is 39.8 Å². The summed E-state index contributed by atoms with van der Waals surface area (Å²) in [7, 11) is 0. The minimum absolute atomic E-state index is 0.734. The number of benzene rings is 3. The second-order valence-electron chi connectivity index (χ2n) is 5.35. The highest BCUT2D eigenvalue weighted by Crippen LogP contribution is 2.48. The van der Waals surface area contributed by atoms with E-state index < -0.39 is 0 Å². The Morgan fingerprint density at radius 2 is 1.41 bits per heavy atom. The smallest absolute Gasteiger partial charge is 0.0718 e. The molecule has 0 aliphatic carbocycles. The first-order valence-corrected chi connectivity index (χ1v) is 7.13. The molecule has 1 aliphatic heterocycles. The van der Waals surface area contributed by atoms with E-state index in [4.69, 9.17) is 11.5 Å².